The maximum Gasteiger partial charge on any atom is 0.194 e. The number of rotatable bonds is 6. The highest BCUT2D eigenvalue weighted by Crippen LogP contribution is 2.22. The number of nitrogens with one attached hydrogen (secondary N) is 1. The van der Waals surface area contributed by atoms with Crippen LogP contribution in [-0.4, -0.2) is 50.2 Å². The average molecular weight is 514 g/mol. The van der Waals surface area contributed by atoms with Gasteiger partial charge >= 0.3 is 0 Å². The van der Waals surface area contributed by atoms with Gasteiger partial charge in [-0.25, -0.2) is 0 Å². The van der Waals surface area contributed by atoms with Gasteiger partial charge in [0.25, 0.3) is 0 Å². The molecule has 5 nitrogen and oxygen atoms in total. The van der Waals surface area contributed by atoms with Crippen molar-refractivity contribution in [2.24, 2.45) is 4.99 Å². The summed E-state index contributed by atoms with van der Waals surface area (Å²) in [4.78, 5) is 9.28. The molecule has 1 aliphatic rings. The molecule has 0 bridgehead atoms. The smallest absolute Gasteiger partial charge is 0.194 e. The second-order valence-electron chi connectivity index (χ2n) is 7.01. The van der Waals surface area contributed by atoms with Crippen LogP contribution >= 0.6 is 35.3 Å². The fraction of sp³-hybridized carbons (Fsp3) is 0.476. The first kappa shape index (κ1) is 23.0. The van der Waals surface area contributed by atoms with E-state index >= 15 is 0 Å². The first-order chi connectivity index (χ1) is 13.2. The molecule has 0 spiro atoms. The van der Waals surface area contributed by atoms with Gasteiger partial charge in [-0.1, -0.05) is 24.3 Å². The van der Waals surface area contributed by atoms with Gasteiger partial charge in [0.1, 0.15) is 0 Å². The molecule has 154 valence electrons. The number of anilines is 1. The lowest BCUT2D eigenvalue weighted by Crippen LogP contribution is -2.52. The van der Waals surface area contributed by atoms with Gasteiger partial charge in [-0.2, -0.15) is 0 Å². The normalized spacial score (nSPS) is 14.9. The third-order valence-electron chi connectivity index (χ3n) is 4.63. The zero-order valence-corrected chi connectivity index (χ0v) is 20.1. The molecule has 0 atom stereocenters. The van der Waals surface area contributed by atoms with E-state index in [4.69, 9.17) is 4.74 Å². The first-order valence-electron chi connectivity index (χ1n) is 9.59. The lowest BCUT2D eigenvalue weighted by Gasteiger charge is -2.37. The molecule has 2 heterocycles. The highest BCUT2D eigenvalue weighted by Gasteiger charge is 2.20. The lowest BCUT2D eigenvalue weighted by molar-refractivity contribution is 0.0657. The number of benzene rings is 1. The number of halogens is 1. The topological polar surface area (TPSA) is 40.1 Å². The molecule has 7 heteroatoms. The Kier molecular flexibility index (Phi) is 9.53. The van der Waals surface area contributed by atoms with Crippen molar-refractivity contribution in [2.45, 2.75) is 33.1 Å². The summed E-state index contributed by atoms with van der Waals surface area (Å²) >= 11 is 1.81. The Morgan fingerprint density at radius 3 is 2.54 bits per heavy atom. The van der Waals surface area contributed by atoms with Crippen molar-refractivity contribution in [3.05, 3.63) is 52.9 Å². The summed E-state index contributed by atoms with van der Waals surface area (Å²) in [6.07, 6.45) is 0.249. The Balaban J connectivity index is 0.00000280. The SMILES string of the molecule is CN=C(NCc1cccc(COC(C)C)c1)N1CCN(c2cccs2)CC1.I. The minimum absolute atomic E-state index is 0. The largest absolute Gasteiger partial charge is 0.374 e. The Labute approximate surface area is 189 Å². The average Bonchev–Trinajstić information content (AvgIpc) is 3.22. The molecule has 0 saturated carbocycles. The Bertz CT molecular complexity index is 728. The zero-order chi connectivity index (χ0) is 19.1. The van der Waals surface area contributed by atoms with Crippen LogP contribution in [0.25, 0.3) is 0 Å². The van der Waals surface area contributed by atoms with Crippen LogP contribution in [0.15, 0.2) is 46.8 Å². The maximum atomic E-state index is 5.71. The molecule has 1 saturated heterocycles. The van der Waals surface area contributed by atoms with Gasteiger partial charge in [0.15, 0.2) is 5.96 Å². The molecule has 1 fully saturated rings. The van der Waals surface area contributed by atoms with Crippen molar-refractivity contribution in [1.29, 1.82) is 0 Å². The summed E-state index contributed by atoms with van der Waals surface area (Å²) in [6.45, 7) is 9.59. The van der Waals surface area contributed by atoms with Crippen molar-refractivity contribution < 1.29 is 4.74 Å². The van der Waals surface area contributed by atoms with E-state index in [1.165, 1.54) is 16.1 Å². The van der Waals surface area contributed by atoms with Crippen LogP contribution in [-0.2, 0) is 17.9 Å². The number of hydrogen-bond acceptors (Lipinski definition) is 4. The fourth-order valence-corrected chi connectivity index (χ4v) is 3.98. The summed E-state index contributed by atoms with van der Waals surface area (Å²) in [5.41, 5.74) is 2.46. The van der Waals surface area contributed by atoms with E-state index in [1.807, 2.05) is 18.4 Å². The molecule has 28 heavy (non-hydrogen) atoms. The van der Waals surface area contributed by atoms with Gasteiger partial charge in [0, 0.05) is 39.8 Å². The monoisotopic (exact) mass is 514 g/mol. The van der Waals surface area contributed by atoms with Crippen LogP contribution in [0.5, 0.6) is 0 Å². The summed E-state index contributed by atoms with van der Waals surface area (Å²) < 4.78 is 5.71. The fourth-order valence-electron chi connectivity index (χ4n) is 3.19. The molecule has 3 rings (SSSR count). The Morgan fingerprint density at radius 2 is 1.89 bits per heavy atom. The summed E-state index contributed by atoms with van der Waals surface area (Å²) in [6, 6.07) is 12.9. The number of aliphatic imine (C=N–C) groups is 1. The minimum atomic E-state index is 0. The standard InChI is InChI=1S/C21H30N4OS.HI/c1-17(2)26-16-19-7-4-6-18(14-19)15-23-21(22-3)25-11-9-24(10-12-25)20-8-5-13-27-20;/h4-8,13-14,17H,9-12,15-16H2,1-3H3,(H,22,23);1H. The van der Waals surface area contributed by atoms with Gasteiger partial charge in [0.05, 0.1) is 17.7 Å². The van der Waals surface area contributed by atoms with Crippen LogP contribution in [0.3, 0.4) is 0 Å². The minimum Gasteiger partial charge on any atom is -0.374 e. The Morgan fingerprint density at radius 1 is 1.14 bits per heavy atom. The number of piperazine rings is 1. The van der Waals surface area contributed by atoms with Crippen LogP contribution in [0.2, 0.25) is 0 Å². The predicted molar refractivity (Wildman–Crippen MR) is 130 cm³/mol. The van der Waals surface area contributed by atoms with Crippen molar-refractivity contribution in [1.82, 2.24) is 10.2 Å². The molecule has 2 aromatic rings. The van der Waals surface area contributed by atoms with Crippen molar-refractivity contribution in [3.63, 3.8) is 0 Å². The highest BCUT2D eigenvalue weighted by atomic mass is 127. The van der Waals surface area contributed by atoms with E-state index in [1.54, 1.807) is 0 Å². The van der Waals surface area contributed by atoms with Gasteiger partial charge in [-0.05, 0) is 42.5 Å². The third-order valence-corrected chi connectivity index (χ3v) is 5.56. The second kappa shape index (κ2) is 11.6. The van der Waals surface area contributed by atoms with E-state index < -0.39 is 0 Å². The molecule has 0 radical (unpaired) electrons. The molecular formula is C21H31IN4OS. The van der Waals surface area contributed by atoms with E-state index in [2.05, 4.69) is 75.7 Å². The van der Waals surface area contributed by atoms with Crippen LogP contribution in [0, 0.1) is 0 Å². The number of thiophene rings is 1. The predicted octanol–water partition coefficient (Wildman–Crippen LogP) is 4.19. The maximum absolute atomic E-state index is 5.71. The second-order valence-corrected chi connectivity index (χ2v) is 7.93. The zero-order valence-electron chi connectivity index (χ0n) is 16.9. The molecule has 0 amide bonds. The van der Waals surface area contributed by atoms with Gasteiger partial charge in [0.2, 0.25) is 0 Å². The van der Waals surface area contributed by atoms with Gasteiger partial charge < -0.3 is 19.9 Å². The summed E-state index contributed by atoms with van der Waals surface area (Å²) in [7, 11) is 1.86. The van der Waals surface area contributed by atoms with E-state index in [0.717, 1.165) is 38.7 Å². The molecule has 0 unspecified atom stereocenters. The third kappa shape index (κ3) is 6.63. The molecule has 0 aliphatic carbocycles. The van der Waals surface area contributed by atoms with Gasteiger partial charge in [-0.3, -0.25) is 4.99 Å². The summed E-state index contributed by atoms with van der Waals surface area (Å²) in [5.74, 6) is 0.977. The molecule has 1 aromatic carbocycles. The number of ether oxygens (including phenoxy) is 1. The quantitative estimate of drug-likeness (QED) is 0.357. The number of nitrogens with zero attached hydrogens (tertiary/aromatic N) is 3. The number of guanidine groups is 1. The highest BCUT2D eigenvalue weighted by molar-refractivity contribution is 14.0. The van der Waals surface area contributed by atoms with Crippen LogP contribution in [0.1, 0.15) is 25.0 Å². The van der Waals surface area contributed by atoms with Gasteiger partial charge in [-0.15, -0.1) is 35.3 Å². The molecule has 1 N–H and O–H groups in total. The van der Waals surface area contributed by atoms with Crippen LogP contribution in [0.4, 0.5) is 5.00 Å². The molecular weight excluding hydrogens is 483 g/mol. The first-order valence-corrected chi connectivity index (χ1v) is 10.5. The van der Waals surface area contributed by atoms with E-state index in [-0.39, 0.29) is 30.1 Å². The van der Waals surface area contributed by atoms with Crippen molar-refractivity contribution >= 4 is 46.3 Å². The lowest BCUT2D eigenvalue weighted by atomic mass is 10.1. The van der Waals surface area contributed by atoms with E-state index in [0.29, 0.717) is 6.61 Å². The molecule has 1 aromatic heterocycles. The van der Waals surface area contributed by atoms with Crippen molar-refractivity contribution in [2.75, 3.05) is 38.1 Å². The summed E-state index contributed by atoms with van der Waals surface area (Å²) in [5, 5.41) is 7.02. The Hall–Kier alpha value is -1.32. The van der Waals surface area contributed by atoms with Crippen LogP contribution < -0.4 is 10.2 Å². The number of hydrogen-bond donors (Lipinski definition) is 1. The molecule has 1 aliphatic heterocycles. The van der Waals surface area contributed by atoms with Crippen molar-refractivity contribution in [3.8, 4) is 0 Å². The van der Waals surface area contributed by atoms with E-state index in [9.17, 15) is 0 Å².